The number of nitrogens with zero attached hydrogens (tertiary/aromatic N) is 1. The van der Waals surface area contributed by atoms with Crippen LogP contribution in [-0.4, -0.2) is 21.2 Å². The van der Waals surface area contributed by atoms with Crippen molar-refractivity contribution in [1.82, 2.24) is 4.98 Å². The van der Waals surface area contributed by atoms with Gasteiger partial charge in [-0.05, 0) is 41.8 Å². The monoisotopic (exact) mass is 271 g/mol. The van der Waals surface area contributed by atoms with Crippen molar-refractivity contribution in [2.75, 3.05) is 0 Å². The van der Waals surface area contributed by atoms with E-state index >= 15 is 0 Å². The maximum atomic E-state index is 10.8. The molecule has 2 aromatic heterocycles. The molecule has 0 radical (unpaired) electrons. The van der Waals surface area contributed by atoms with Gasteiger partial charge in [-0.1, -0.05) is 0 Å². The van der Waals surface area contributed by atoms with Crippen LogP contribution in [0.3, 0.4) is 0 Å². The van der Waals surface area contributed by atoms with E-state index in [0.29, 0.717) is 0 Å². The molecule has 0 atom stereocenters. The van der Waals surface area contributed by atoms with E-state index in [9.17, 15) is 9.90 Å². The summed E-state index contributed by atoms with van der Waals surface area (Å²) >= 11 is 1.51. The Balaban J connectivity index is 2.06. The first kappa shape index (κ1) is 11.7. The van der Waals surface area contributed by atoms with Crippen LogP contribution in [0.25, 0.3) is 20.7 Å². The first-order chi connectivity index (χ1) is 9.13. The van der Waals surface area contributed by atoms with Crippen LogP contribution in [0.1, 0.15) is 10.4 Å². The zero-order chi connectivity index (χ0) is 13.4. The second-order valence-electron chi connectivity index (χ2n) is 4.07. The molecule has 0 saturated heterocycles. The van der Waals surface area contributed by atoms with Gasteiger partial charge in [0, 0.05) is 10.9 Å². The fourth-order valence-electron chi connectivity index (χ4n) is 1.81. The third kappa shape index (κ3) is 2.15. The minimum absolute atomic E-state index is 0.169. The molecule has 1 aromatic carbocycles. The van der Waals surface area contributed by atoms with Crippen molar-refractivity contribution in [3.8, 4) is 16.3 Å². The Labute approximate surface area is 112 Å². The lowest BCUT2D eigenvalue weighted by Crippen LogP contribution is -1.96. The number of fused-ring (bicyclic) bond motifs is 1. The lowest BCUT2D eigenvalue weighted by atomic mass is 10.2. The van der Waals surface area contributed by atoms with Crippen LogP contribution < -0.4 is 0 Å². The molecule has 3 aromatic rings. The number of carbonyl (C=O) groups is 1. The van der Waals surface area contributed by atoms with Crippen LogP contribution >= 0.6 is 11.3 Å². The maximum absolute atomic E-state index is 10.8. The van der Waals surface area contributed by atoms with Gasteiger partial charge in [-0.2, -0.15) is 0 Å². The summed E-state index contributed by atoms with van der Waals surface area (Å²) in [6, 6.07) is 10.4. The van der Waals surface area contributed by atoms with E-state index in [1.54, 1.807) is 18.2 Å². The van der Waals surface area contributed by atoms with Crippen molar-refractivity contribution in [2.24, 2.45) is 0 Å². The van der Waals surface area contributed by atoms with Gasteiger partial charge < -0.3 is 10.2 Å². The predicted octanol–water partition coefficient (Wildman–Crippen LogP) is 3.37. The molecule has 4 nitrogen and oxygen atoms in total. The summed E-state index contributed by atoms with van der Waals surface area (Å²) < 4.78 is 0.971. The normalized spacial score (nSPS) is 10.7. The molecule has 0 amide bonds. The van der Waals surface area contributed by atoms with Crippen LogP contribution in [0.15, 0.2) is 42.6 Å². The zero-order valence-corrected chi connectivity index (χ0v) is 10.5. The van der Waals surface area contributed by atoms with Crippen molar-refractivity contribution in [3.05, 3.63) is 48.2 Å². The molecule has 0 saturated carbocycles. The summed E-state index contributed by atoms with van der Waals surface area (Å²) in [6.07, 6.45) is 1.35. The van der Waals surface area contributed by atoms with E-state index in [-0.39, 0.29) is 11.3 Å². The van der Waals surface area contributed by atoms with Gasteiger partial charge in [-0.3, -0.25) is 4.98 Å². The van der Waals surface area contributed by atoms with Gasteiger partial charge in [0.05, 0.1) is 16.1 Å². The summed E-state index contributed by atoms with van der Waals surface area (Å²) in [4.78, 5) is 15.9. The molecule has 0 aliphatic heterocycles. The summed E-state index contributed by atoms with van der Waals surface area (Å²) in [5, 5.41) is 19.3. The number of benzene rings is 1. The van der Waals surface area contributed by atoms with E-state index in [2.05, 4.69) is 4.98 Å². The fourth-order valence-corrected chi connectivity index (χ4v) is 2.88. The molecule has 0 aliphatic carbocycles. The van der Waals surface area contributed by atoms with E-state index < -0.39 is 5.97 Å². The van der Waals surface area contributed by atoms with Crippen LogP contribution in [0.4, 0.5) is 0 Å². The average molecular weight is 271 g/mol. The molecule has 0 aliphatic rings. The van der Waals surface area contributed by atoms with E-state index in [4.69, 9.17) is 5.11 Å². The Hall–Kier alpha value is -2.40. The van der Waals surface area contributed by atoms with Gasteiger partial charge >= 0.3 is 5.97 Å². The SMILES string of the molecule is O=C(O)c1ccc(-c2cc3ccc(O)cc3s2)nc1. The lowest BCUT2D eigenvalue weighted by molar-refractivity contribution is 0.0696. The number of carboxylic acid groups (broad SMARTS) is 1. The number of phenolic OH excluding ortho intramolecular Hbond substituents is 1. The minimum atomic E-state index is -0.986. The minimum Gasteiger partial charge on any atom is -0.508 e. The van der Waals surface area contributed by atoms with Gasteiger partial charge in [-0.25, -0.2) is 4.79 Å². The fraction of sp³-hybridized carbons (Fsp3) is 0. The molecule has 0 spiro atoms. The van der Waals surface area contributed by atoms with Gasteiger partial charge in [0.25, 0.3) is 0 Å². The Morgan fingerprint density at radius 1 is 1.16 bits per heavy atom. The highest BCUT2D eigenvalue weighted by molar-refractivity contribution is 7.22. The lowest BCUT2D eigenvalue weighted by Gasteiger charge is -1.97. The highest BCUT2D eigenvalue weighted by atomic mass is 32.1. The number of pyridine rings is 1. The van der Waals surface area contributed by atoms with Crippen molar-refractivity contribution in [1.29, 1.82) is 0 Å². The molecular weight excluding hydrogens is 262 g/mol. The molecule has 94 valence electrons. The third-order valence-electron chi connectivity index (χ3n) is 2.77. The van der Waals surface area contributed by atoms with E-state index in [1.807, 2.05) is 12.1 Å². The number of carboxylic acids is 1. The second kappa shape index (κ2) is 4.37. The zero-order valence-electron chi connectivity index (χ0n) is 9.70. The largest absolute Gasteiger partial charge is 0.508 e. The van der Waals surface area contributed by atoms with E-state index in [0.717, 1.165) is 20.7 Å². The Morgan fingerprint density at radius 3 is 2.68 bits per heavy atom. The average Bonchev–Trinajstić information content (AvgIpc) is 2.81. The number of rotatable bonds is 2. The van der Waals surface area contributed by atoms with E-state index in [1.165, 1.54) is 23.6 Å². The number of aromatic nitrogens is 1. The predicted molar refractivity (Wildman–Crippen MR) is 73.7 cm³/mol. The van der Waals surface area contributed by atoms with Crippen LogP contribution in [0.2, 0.25) is 0 Å². The summed E-state index contributed by atoms with van der Waals surface area (Å²) in [5.41, 5.74) is 0.896. The Kier molecular flexibility index (Phi) is 2.68. The Morgan fingerprint density at radius 2 is 2.00 bits per heavy atom. The highest BCUT2D eigenvalue weighted by Gasteiger charge is 2.08. The van der Waals surface area contributed by atoms with Gasteiger partial charge in [-0.15, -0.1) is 11.3 Å². The molecule has 0 unspecified atom stereocenters. The summed E-state index contributed by atoms with van der Waals surface area (Å²) in [5.74, 6) is -0.754. The smallest absolute Gasteiger partial charge is 0.337 e. The van der Waals surface area contributed by atoms with Crippen LogP contribution in [-0.2, 0) is 0 Å². The topological polar surface area (TPSA) is 70.4 Å². The molecule has 2 N–H and O–H groups in total. The molecule has 2 heterocycles. The molecular formula is C14H9NO3S. The maximum Gasteiger partial charge on any atom is 0.337 e. The number of aromatic carboxylic acids is 1. The van der Waals surface area contributed by atoms with Crippen LogP contribution in [0.5, 0.6) is 5.75 Å². The molecule has 19 heavy (non-hydrogen) atoms. The van der Waals surface area contributed by atoms with Crippen molar-refractivity contribution >= 4 is 27.4 Å². The van der Waals surface area contributed by atoms with Gasteiger partial charge in [0.15, 0.2) is 0 Å². The van der Waals surface area contributed by atoms with Crippen molar-refractivity contribution in [3.63, 3.8) is 0 Å². The summed E-state index contributed by atoms with van der Waals surface area (Å²) in [6.45, 7) is 0. The molecule has 5 heteroatoms. The number of phenols is 1. The van der Waals surface area contributed by atoms with Crippen LogP contribution in [0, 0.1) is 0 Å². The highest BCUT2D eigenvalue weighted by Crippen LogP contribution is 2.34. The van der Waals surface area contributed by atoms with Crippen molar-refractivity contribution in [2.45, 2.75) is 0 Å². The number of aromatic hydroxyl groups is 1. The van der Waals surface area contributed by atoms with Crippen molar-refractivity contribution < 1.29 is 15.0 Å². The Bertz CT molecular complexity index is 762. The quantitative estimate of drug-likeness (QED) is 0.749. The number of hydrogen-bond donors (Lipinski definition) is 2. The number of hydrogen-bond acceptors (Lipinski definition) is 4. The molecule has 0 bridgehead atoms. The first-order valence-electron chi connectivity index (χ1n) is 5.56. The van der Waals surface area contributed by atoms with Gasteiger partial charge in [0.2, 0.25) is 0 Å². The molecule has 0 fully saturated rings. The molecule has 3 rings (SSSR count). The van der Waals surface area contributed by atoms with Gasteiger partial charge in [0.1, 0.15) is 5.75 Å². The first-order valence-corrected chi connectivity index (χ1v) is 6.37. The number of thiophene rings is 1. The third-order valence-corrected chi connectivity index (χ3v) is 3.89. The summed E-state index contributed by atoms with van der Waals surface area (Å²) in [7, 11) is 0. The second-order valence-corrected chi connectivity index (χ2v) is 5.15. The standard InChI is InChI=1S/C14H9NO3S/c16-10-3-1-8-5-13(19-12(8)6-10)11-4-2-9(7-15-11)14(17)18/h1-7,16H,(H,17,18).